The number of rotatable bonds is 2. The second kappa shape index (κ2) is 5.91. The first-order chi connectivity index (χ1) is 10.1. The Bertz CT molecular complexity index is 741. The summed E-state index contributed by atoms with van der Waals surface area (Å²) < 4.78 is 0.924. The summed E-state index contributed by atoms with van der Waals surface area (Å²) in [4.78, 5) is 14.1. The van der Waals surface area contributed by atoms with E-state index in [0.717, 1.165) is 28.6 Å². The van der Waals surface area contributed by atoms with E-state index in [4.69, 9.17) is 0 Å². The van der Waals surface area contributed by atoms with Crippen LogP contribution in [0.3, 0.4) is 0 Å². The molecule has 1 N–H and O–H groups in total. The van der Waals surface area contributed by atoms with E-state index in [0.29, 0.717) is 21.4 Å². The summed E-state index contributed by atoms with van der Waals surface area (Å²) in [5.41, 5.74) is 1.80. The number of hydrogen-bond acceptors (Lipinski definition) is 4. The summed E-state index contributed by atoms with van der Waals surface area (Å²) in [6, 6.07) is 5.91. The molecule has 0 aliphatic heterocycles. The molecule has 1 aliphatic carbocycles. The normalized spacial score (nSPS) is 17.1. The molecule has 1 aliphatic rings. The fourth-order valence-corrected chi connectivity index (χ4v) is 5.04. The number of carbonyl (C=O) groups is 1. The van der Waals surface area contributed by atoms with Crippen LogP contribution in [0.4, 0.5) is 5.00 Å². The number of nitriles is 1. The Labute approximate surface area is 139 Å². The van der Waals surface area contributed by atoms with Crippen molar-refractivity contribution in [2.45, 2.75) is 26.2 Å². The van der Waals surface area contributed by atoms with Gasteiger partial charge in [0.15, 0.2) is 0 Å². The molecule has 0 fully saturated rings. The van der Waals surface area contributed by atoms with E-state index in [-0.39, 0.29) is 5.91 Å². The number of anilines is 1. The van der Waals surface area contributed by atoms with Gasteiger partial charge < -0.3 is 5.32 Å². The number of hydrogen-bond donors (Lipinski definition) is 1. The van der Waals surface area contributed by atoms with Crippen molar-refractivity contribution in [2.24, 2.45) is 5.92 Å². The molecule has 108 valence electrons. The molecule has 2 aromatic rings. The first-order valence-electron chi connectivity index (χ1n) is 6.69. The van der Waals surface area contributed by atoms with E-state index >= 15 is 0 Å². The van der Waals surface area contributed by atoms with Gasteiger partial charge in [0.1, 0.15) is 11.1 Å². The molecule has 6 heteroatoms. The van der Waals surface area contributed by atoms with Crippen molar-refractivity contribution in [1.82, 2.24) is 0 Å². The van der Waals surface area contributed by atoms with Gasteiger partial charge in [-0.05, 0) is 58.8 Å². The molecular formula is C15H13BrN2OS2. The van der Waals surface area contributed by atoms with Crippen LogP contribution < -0.4 is 5.32 Å². The van der Waals surface area contributed by atoms with Gasteiger partial charge in [-0.3, -0.25) is 4.79 Å². The predicted octanol–water partition coefficient (Wildman–Crippen LogP) is 4.82. The zero-order valence-electron chi connectivity index (χ0n) is 11.4. The molecule has 2 aromatic heterocycles. The van der Waals surface area contributed by atoms with E-state index in [2.05, 4.69) is 34.2 Å². The van der Waals surface area contributed by atoms with E-state index in [9.17, 15) is 10.1 Å². The summed E-state index contributed by atoms with van der Waals surface area (Å²) in [5, 5.41) is 13.0. The van der Waals surface area contributed by atoms with Crippen LogP contribution in [-0.4, -0.2) is 5.91 Å². The maximum absolute atomic E-state index is 12.2. The third-order valence-electron chi connectivity index (χ3n) is 3.64. The van der Waals surface area contributed by atoms with E-state index in [1.807, 2.05) is 6.07 Å². The Morgan fingerprint density at radius 2 is 2.29 bits per heavy atom. The van der Waals surface area contributed by atoms with Crippen LogP contribution in [0.5, 0.6) is 0 Å². The highest BCUT2D eigenvalue weighted by molar-refractivity contribution is 9.11. The van der Waals surface area contributed by atoms with Gasteiger partial charge in [-0.25, -0.2) is 0 Å². The smallest absolute Gasteiger partial charge is 0.266 e. The lowest BCUT2D eigenvalue weighted by Gasteiger charge is -2.17. The Balaban J connectivity index is 1.89. The monoisotopic (exact) mass is 380 g/mol. The van der Waals surface area contributed by atoms with Crippen LogP contribution in [0.15, 0.2) is 15.9 Å². The van der Waals surface area contributed by atoms with Gasteiger partial charge in [0.25, 0.3) is 5.91 Å². The molecule has 3 nitrogen and oxygen atoms in total. The number of aryl methyl sites for hydroxylation is 1. The summed E-state index contributed by atoms with van der Waals surface area (Å²) in [6.07, 6.45) is 3.11. The average Bonchev–Trinajstić information content (AvgIpc) is 3.02. The van der Waals surface area contributed by atoms with Crippen LogP contribution >= 0.6 is 38.6 Å². The highest BCUT2D eigenvalue weighted by atomic mass is 79.9. The molecule has 1 amide bonds. The SMILES string of the molecule is C[C@H]1CCc2sc(NC(=O)c3ccc(Br)s3)c(C#N)c2C1. The van der Waals surface area contributed by atoms with Crippen LogP contribution in [0, 0.1) is 17.2 Å². The highest BCUT2D eigenvalue weighted by Gasteiger charge is 2.25. The minimum atomic E-state index is -0.145. The quantitative estimate of drug-likeness (QED) is 0.811. The molecule has 21 heavy (non-hydrogen) atoms. The Kier molecular flexibility index (Phi) is 4.16. The van der Waals surface area contributed by atoms with E-state index < -0.39 is 0 Å². The third-order valence-corrected chi connectivity index (χ3v) is 6.47. The maximum atomic E-state index is 12.2. The summed E-state index contributed by atoms with van der Waals surface area (Å²) in [5.74, 6) is 0.463. The maximum Gasteiger partial charge on any atom is 0.266 e. The highest BCUT2D eigenvalue weighted by Crippen LogP contribution is 2.39. The third kappa shape index (κ3) is 2.91. The largest absolute Gasteiger partial charge is 0.312 e. The lowest BCUT2D eigenvalue weighted by atomic mass is 9.88. The zero-order valence-corrected chi connectivity index (χ0v) is 14.6. The summed E-state index contributed by atoms with van der Waals surface area (Å²) in [7, 11) is 0. The fraction of sp³-hybridized carbons (Fsp3) is 0.333. The number of fused-ring (bicyclic) bond motifs is 1. The van der Waals surface area contributed by atoms with Gasteiger partial charge in [-0.15, -0.1) is 22.7 Å². The number of thiophene rings is 2. The zero-order chi connectivity index (χ0) is 15.0. The van der Waals surface area contributed by atoms with Gasteiger partial charge in [-0.1, -0.05) is 6.92 Å². The topological polar surface area (TPSA) is 52.9 Å². The average molecular weight is 381 g/mol. The standard InChI is InChI=1S/C15H13BrN2OS2/c1-8-2-3-11-9(6-8)10(7-17)15(21-11)18-14(19)12-4-5-13(16)20-12/h4-5,8H,2-3,6H2,1H3,(H,18,19)/t8-/m0/s1. The first-order valence-corrected chi connectivity index (χ1v) is 9.12. The van der Waals surface area contributed by atoms with E-state index in [1.165, 1.54) is 16.2 Å². The Morgan fingerprint density at radius 1 is 1.48 bits per heavy atom. The summed E-state index contributed by atoms with van der Waals surface area (Å²) >= 11 is 6.30. The minimum Gasteiger partial charge on any atom is -0.312 e. The van der Waals surface area contributed by atoms with Crippen molar-refractivity contribution in [3.63, 3.8) is 0 Å². The second-order valence-corrected chi connectivity index (χ2v) is 8.79. The van der Waals surface area contributed by atoms with Crippen molar-refractivity contribution in [1.29, 1.82) is 5.26 Å². The lowest BCUT2D eigenvalue weighted by molar-refractivity contribution is 0.103. The first kappa shape index (κ1) is 14.8. The van der Waals surface area contributed by atoms with Crippen molar-refractivity contribution in [3.8, 4) is 6.07 Å². The van der Waals surface area contributed by atoms with Gasteiger partial charge in [0.2, 0.25) is 0 Å². The van der Waals surface area contributed by atoms with Crippen molar-refractivity contribution >= 4 is 49.5 Å². The molecule has 1 atom stereocenters. The number of halogens is 1. The molecule has 0 spiro atoms. The van der Waals surface area contributed by atoms with Crippen LogP contribution in [0.2, 0.25) is 0 Å². The molecule has 0 bridgehead atoms. The molecule has 3 rings (SSSR count). The molecule has 0 saturated carbocycles. The predicted molar refractivity (Wildman–Crippen MR) is 90.2 cm³/mol. The van der Waals surface area contributed by atoms with E-state index in [1.54, 1.807) is 17.4 Å². The van der Waals surface area contributed by atoms with Gasteiger partial charge in [0.05, 0.1) is 14.2 Å². The van der Waals surface area contributed by atoms with Gasteiger partial charge in [-0.2, -0.15) is 5.26 Å². The van der Waals surface area contributed by atoms with Gasteiger partial charge >= 0.3 is 0 Å². The molecule has 0 radical (unpaired) electrons. The Morgan fingerprint density at radius 3 is 2.95 bits per heavy atom. The molecule has 0 aromatic carbocycles. The van der Waals surface area contributed by atoms with Crippen molar-refractivity contribution in [2.75, 3.05) is 5.32 Å². The molecule has 0 unspecified atom stereocenters. The number of amides is 1. The van der Waals surface area contributed by atoms with Crippen LogP contribution in [-0.2, 0) is 12.8 Å². The lowest BCUT2D eigenvalue weighted by Crippen LogP contribution is -2.11. The Hall–Kier alpha value is -1.16. The van der Waals surface area contributed by atoms with Crippen LogP contribution in [0.25, 0.3) is 0 Å². The minimum absolute atomic E-state index is 0.145. The number of nitrogens with zero attached hydrogens (tertiary/aromatic N) is 1. The fourth-order valence-electron chi connectivity index (χ4n) is 2.57. The molecule has 0 saturated heterocycles. The van der Waals surface area contributed by atoms with Crippen LogP contribution in [0.1, 0.15) is 39.0 Å². The molecular weight excluding hydrogens is 368 g/mol. The molecule has 2 heterocycles. The number of carbonyl (C=O) groups excluding carboxylic acids is 1. The summed E-state index contributed by atoms with van der Waals surface area (Å²) in [6.45, 7) is 2.21. The second-order valence-electron chi connectivity index (χ2n) is 5.23. The van der Waals surface area contributed by atoms with Crippen molar-refractivity contribution in [3.05, 3.63) is 36.8 Å². The van der Waals surface area contributed by atoms with Crippen molar-refractivity contribution < 1.29 is 4.79 Å². The number of nitrogens with one attached hydrogen (secondary N) is 1. The van der Waals surface area contributed by atoms with Gasteiger partial charge in [0, 0.05) is 4.88 Å².